The molecule has 154 valence electrons. The zero-order valence-electron chi connectivity index (χ0n) is 16.9. The first-order valence-corrected chi connectivity index (χ1v) is 10.6. The zero-order chi connectivity index (χ0) is 20.7. The summed E-state index contributed by atoms with van der Waals surface area (Å²) in [7, 11) is 0. The van der Waals surface area contributed by atoms with Gasteiger partial charge in [-0.2, -0.15) is 0 Å². The molecule has 1 unspecified atom stereocenters. The van der Waals surface area contributed by atoms with Crippen molar-refractivity contribution in [1.29, 1.82) is 0 Å². The molecule has 2 saturated carbocycles. The summed E-state index contributed by atoms with van der Waals surface area (Å²) in [5.41, 5.74) is 3.57. The molecule has 0 saturated heterocycles. The lowest BCUT2D eigenvalue weighted by Crippen LogP contribution is -2.48. The molecule has 1 aromatic carbocycles. The van der Waals surface area contributed by atoms with Gasteiger partial charge in [0.05, 0.1) is 23.5 Å². The lowest BCUT2D eigenvalue weighted by molar-refractivity contribution is -0.124. The highest BCUT2D eigenvalue weighted by atomic mass is 16.2. The summed E-state index contributed by atoms with van der Waals surface area (Å²) < 4.78 is 0. The lowest BCUT2D eigenvalue weighted by atomic mass is 10.1. The van der Waals surface area contributed by atoms with E-state index in [4.69, 9.17) is 0 Å². The van der Waals surface area contributed by atoms with Crippen LogP contribution in [0.4, 0.5) is 0 Å². The molecule has 2 amide bonds. The van der Waals surface area contributed by atoms with Crippen molar-refractivity contribution in [2.45, 2.75) is 50.6 Å². The third kappa shape index (κ3) is 3.79. The second kappa shape index (κ2) is 7.55. The maximum Gasteiger partial charge on any atom is 0.255 e. The van der Waals surface area contributed by atoms with Gasteiger partial charge >= 0.3 is 0 Å². The van der Waals surface area contributed by atoms with E-state index >= 15 is 0 Å². The minimum Gasteiger partial charge on any atom is -0.348 e. The fourth-order valence-electron chi connectivity index (χ4n) is 3.83. The minimum atomic E-state index is -0.548. The standard InChI is InChI=1S/C23H25N5O2/c1-13(14-5-3-2-4-6-14)26-23(30)19(16-9-10-16)28-22(29)17-11-24-21-20(17)27-18(12-25-21)15-7-8-15/h2-6,11-13,15-16,19H,7-10H2,1H3,(H,24,25)(H,26,30)(H,28,29)/t13?,19-/m1/s1. The third-order valence-electron chi connectivity index (χ3n) is 5.96. The molecule has 0 spiro atoms. The summed E-state index contributed by atoms with van der Waals surface area (Å²) in [5, 5.41) is 6.00. The molecule has 2 atom stereocenters. The van der Waals surface area contributed by atoms with Gasteiger partial charge in [0.15, 0.2) is 5.65 Å². The maximum absolute atomic E-state index is 13.0. The molecular formula is C23H25N5O2. The molecule has 2 fully saturated rings. The second-order valence-corrected chi connectivity index (χ2v) is 8.40. The number of carbonyl (C=O) groups excluding carboxylic acids is 2. The van der Waals surface area contributed by atoms with Crippen LogP contribution in [0.3, 0.4) is 0 Å². The Labute approximate surface area is 174 Å². The minimum absolute atomic E-state index is 0.128. The van der Waals surface area contributed by atoms with E-state index in [0.29, 0.717) is 22.6 Å². The van der Waals surface area contributed by atoms with Crippen LogP contribution in [0.25, 0.3) is 11.2 Å². The molecule has 5 rings (SSSR count). The van der Waals surface area contributed by atoms with Gasteiger partial charge in [-0.1, -0.05) is 30.3 Å². The highest BCUT2D eigenvalue weighted by Crippen LogP contribution is 2.39. The number of carbonyl (C=O) groups is 2. The number of amides is 2. The molecule has 30 heavy (non-hydrogen) atoms. The Morgan fingerprint density at radius 2 is 1.87 bits per heavy atom. The molecule has 0 bridgehead atoms. The summed E-state index contributed by atoms with van der Waals surface area (Å²) in [5.74, 6) is 0.196. The van der Waals surface area contributed by atoms with Crippen LogP contribution >= 0.6 is 0 Å². The first-order chi connectivity index (χ1) is 14.6. The van der Waals surface area contributed by atoms with Crippen LogP contribution in [-0.4, -0.2) is 32.8 Å². The molecule has 0 radical (unpaired) electrons. The number of rotatable bonds is 7. The van der Waals surface area contributed by atoms with Crippen LogP contribution in [-0.2, 0) is 4.79 Å². The Hall–Kier alpha value is -3.22. The monoisotopic (exact) mass is 403 g/mol. The van der Waals surface area contributed by atoms with Gasteiger partial charge in [0, 0.05) is 12.1 Å². The van der Waals surface area contributed by atoms with Crippen molar-refractivity contribution in [2.75, 3.05) is 0 Å². The van der Waals surface area contributed by atoms with Crippen LogP contribution in [0, 0.1) is 5.92 Å². The fraction of sp³-hybridized carbons (Fsp3) is 0.391. The van der Waals surface area contributed by atoms with E-state index in [9.17, 15) is 9.59 Å². The van der Waals surface area contributed by atoms with E-state index in [2.05, 4.69) is 25.6 Å². The predicted octanol–water partition coefficient (Wildman–Crippen LogP) is 3.22. The van der Waals surface area contributed by atoms with Crippen molar-refractivity contribution in [3.05, 3.63) is 59.5 Å². The summed E-state index contributed by atoms with van der Waals surface area (Å²) in [6.45, 7) is 1.95. The SMILES string of the molecule is CC(NC(=O)[C@H](NC(=O)c1c[nH]c2ncc(C3CC3)nc12)C1CC1)c1ccccc1. The quantitative estimate of drug-likeness (QED) is 0.564. The second-order valence-electron chi connectivity index (χ2n) is 8.40. The largest absolute Gasteiger partial charge is 0.348 e. The number of hydrogen-bond donors (Lipinski definition) is 3. The van der Waals surface area contributed by atoms with Crippen LogP contribution in [0.15, 0.2) is 42.7 Å². The molecule has 7 heteroatoms. The van der Waals surface area contributed by atoms with Gasteiger partial charge in [-0.25, -0.2) is 9.97 Å². The number of benzene rings is 1. The maximum atomic E-state index is 13.0. The number of aromatic amines is 1. The van der Waals surface area contributed by atoms with Crippen molar-refractivity contribution in [2.24, 2.45) is 5.92 Å². The molecular weight excluding hydrogens is 378 g/mol. The van der Waals surface area contributed by atoms with Gasteiger partial charge in [0.2, 0.25) is 5.91 Å². The van der Waals surface area contributed by atoms with Gasteiger partial charge in [-0.05, 0) is 44.1 Å². The first kappa shape index (κ1) is 18.8. The van der Waals surface area contributed by atoms with Gasteiger partial charge < -0.3 is 15.6 Å². The number of H-pyrrole nitrogens is 1. The van der Waals surface area contributed by atoms with E-state index in [-0.39, 0.29) is 23.8 Å². The molecule has 2 aliphatic rings. The molecule has 3 N–H and O–H groups in total. The Kier molecular flexibility index (Phi) is 4.73. The number of hydrogen-bond acceptors (Lipinski definition) is 4. The Balaban J connectivity index is 1.32. The van der Waals surface area contributed by atoms with Crippen molar-refractivity contribution < 1.29 is 9.59 Å². The van der Waals surface area contributed by atoms with Gasteiger partial charge in [0.1, 0.15) is 11.6 Å². The van der Waals surface area contributed by atoms with Gasteiger partial charge in [-0.3, -0.25) is 9.59 Å². The van der Waals surface area contributed by atoms with Crippen molar-refractivity contribution in [1.82, 2.24) is 25.6 Å². The highest BCUT2D eigenvalue weighted by Gasteiger charge is 2.38. The summed E-state index contributed by atoms with van der Waals surface area (Å²) in [6, 6.07) is 9.14. The van der Waals surface area contributed by atoms with E-state index in [1.54, 1.807) is 12.4 Å². The third-order valence-corrected chi connectivity index (χ3v) is 5.96. The van der Waals surface area contributed by atoms with E-state index in [0.717, 1.165) is 36.9 Å². The molecule has 0 aliphatic heterocycles. The van der Waals surface area contributed by atoms with E-state index in [1.807, 2.05) is 37.3 Å². The summed E-state index contributed by atoms with van der Waals surface area (Å²) in [6.07, 6.45) is 7.54. The summed E-state index contributed by atoms with van der Waals surface area (Å²) >= 11 is 0. The average molecular weight is 403 g/mol. The topological polar surface area (TPSA) is 99.8 Å². The predicted molar refractivity (Wildman–Crippen MR) is 113 cm³/mol. The van der Waals surface area contributed by atoms with Crippen LogP contribution in [0.5, 0.6) is 0 Å². The smallest absolute Gasteiger partial charge is 0.255 e. The van der Waals surface area contributed by atoms with Crippen molar-refractivity contribution >= 4 is 23.0 Å². The van der Waals surface area contributed by atoms with E-state index < -0.39 is 6.04 Å². The first-order valence-electron chi connectivity index (χ1n) is 10.6. The average Bonchev–Trinajstić information content (AvgIpc) is 3.69. The van der Waals surface area contributed by atoms with Crippen LogP contribution in [0.1, 0.15) is 66.2 Å². The number of nitrogens with zero attached hydrogens (tertiary/aromatic N) is 2. The Morgan fingerprint density at radius 3 is 2.57 bits per heavy atom. The molecule has 2 aliphatic carbocycles. The molecule has 2 aromatic heterocycles. The lowest BCUT2D eigenvalue weighted by Gasteiger charge is -2.21. The Morgan fingerprint density at radius 1 is 1.10 bits per heavy atom. The van der Waals surface area contributed by atoms with Gasteiger partial charge in [-0.15, -0.1) is 0 Å². The molecule has 3 aromatic rings. The molecule has 2 heterocycles. The van der Waals surface area contributed by atoms with Crippen LogP contribution in [0.2, 0.25) is 0 Å². The number of fused-ring (bicyclic) bond motifs is 1. The normalized spacial score (nSPS) is 18.0. The highest BCUT2D eigenvalue weighted by molar-refractivity contribution is 6.06. The number of nitrogens with one attached hydrogen (secondary N) is 3. The van der Waals surface area contributed by atoms with Crippen molar-refractivity contribution in [3.63, 3.8) is 0 Å². The van der Waals surface area contributed by atoms with Crippen molar-refractivity contribution in [3.8, 4) is 0 Å². The van der Waals surface area contributed by atoms with E-state index in [1.165, 1.54) is 0 Å². The Bertz CT molecular complexity index is 1090. The summed E-state index contributed by atoms with van der Waals surface area (Å²) in [4.78, 5) is 38.1. The zero-order valence-corrected chi connectivity index (χ0v) is 16.9. The van der Waals surface area contributed by atoms with Gasteiger partial charge in [0.25, 0.3) is 5.91 Å². The molecule has 7 nitrogen and oxygen atoms in total. The fourth-order valence-corrected chi connectivity index (χ4v) is 3.83. The number of aromatic nitrogens is 3. The van der Waals surface area contributed by atoms with Crippen LogP contribution < -0.4 is 10.6 Å².